The molecular formula is C19H19NO5. The third-order valence-corrected chi connectivity index (χ3v) is 4.09. The zero-order valence-corrected chi connectivity index (χ0v) is 13.5. The van der Waals surface area contributed by atoms with Crippen molar-refractivity contribution in [2.24, 2.45) is 0 Å². The van der Waals surface area contributed by atoms with Crippen molar-refractivity contribution in [2.45, 2.75) is 24.4 Å². The molecule has 0 saturated carbocycles. The minimum Gasteiger partial charge on any atom is -0.487 e. The zero-order chi connectivity index (χ0) is 17.7. The largest absolute Gasteiger partial charge is 0.487 e. The Kier molecular flexibility index (Phi) is 5.11. The molecule has 6 nitrogen and oxygen atoms in total. The lowest BCUT2D eigenvalue weighted by Gasteiger charge is -2.27. The third-order valence-electron chi connectivity index (χ3n) is 4.09. The average Bonchev–Trinajstić information content (AvgIpc) is 3.08. The highest BCUT2D eigenvalue weighted by atomic mass is 16.6. The number of carboxylic acids is 1. The highest BCUT2D eigenvalue weighted by molar-refractivity contribution is 5.68. The quantitative estimate of drug-likeness (QED) is 0.749. The molecule has 2 aromatic rings. The Labute approximate surface area is 145 Å². The summed E-state index contributed by atoms with van der Waals surface area (Å²) < 4.78 is 11.8. The van der Waals surface area contributed by atoms with Crippen LogP contribution in [0.1, 0.15) is 12.0 Å². The Morgan fingerprint density at radius 2 is 1.88 bits per heavy atom. The van der Waals surface area contributed by atoms with E-state index in [1.54, 1.807) is 36.4 Å². The van der Waals surface area contributed by atoms with Crippen molar-refractivity contribution in [3.63, 3.8) is 0 Å². The maximum atomic E-state index is 11.7. The fourth-order valence-electron chi connectivity index (χ4n) is 2.87. The molecule has 130 valence electrons. The number of aliphatic carboxylic acids is 1. The molecule has 1 heterocycles. The summed E-state index contributed by atoms with van der Waals surface area (Å²) >= 11 is 0. The van der Waals surface area contributed by atoms with Gasteiger partial charge in [0.05, 0.1) is 6.42 Å². The predicted octanol–water partition coefficient (Wildman–Crippen LogP) is 1.95. The summed E-state index contributed by atoms with van der Waals surface area (Å²) in [5, 5.41) is 12.3. The normalized spacial score (nSPS) is 23.8. The second-order valence-corrected chi connectivity index (χ2v) is 5.82. The van der Waals surface area contributed by atoms with Gasteiger partial charge in [0.1, 0.15) is 18.0 Å². The van der Waals surface area contributed by atoms with E-state index in [-0.39, 0.29) is 6.42 Å². The first-order valence-electron chi connectivity index (χ1n) is 8.01. The van der Waals surface area contributed by atoms with Crippen LogP contribution in [0.2, 0.25) is 0 Å². The molecule has 1 aliphatic rings. The first-order valence-corrected chi connectivity index (χ1v) is 8.01. The minimum atomic E-state index is -1.29. The molecule has 0 aromatic heterocycles. The van der Waals surface area contributed by atoms with Crippen molar-refractivity contribution < 1.29 is 24.2 Å². The van der Waals surface area contributed by atoms with Gasteiger partial charge in [-0.2, -0.15) is 0 Å². The van der Waals surface area contributed by atoms with Crippen LogP contribution in [0.4, 0.5) is 0 Å². The maximum Gasteiger partial charge on any atom is 0.307 e. The number of carboxylic acid groups (broad SMARTS) is 1. The Morgan fingerprint density at radius 3 is 2.48 bits per heavy atom. The van der Waals surface area contributed by atoms with Gasteiger partial charge in [-0.05, 0) is 12.1 Å². The number of ether oxygens (including phenoxy) is 2. The number of aldehydes is 1. The van der Waals surface area contributed by atoms with Crippen LogP contribution in [0.15, 0.2) is 60.7 Å². The van der Waals surface area contributed by atoms with Crippen LogP contribution < -0.4 is 10.1 Å². The summed E-state index contributed by atoms with van der Waals surface area (Å²) in [5.74, 6) is -0.437. The van der Waals surface area contributed by atoms with Gasteiger partial charge in [0.15, 0.2) is 6.29 Å². The summed E-state index contributed by atoms with van der Waals surface area (Å²) in [6, 6.07) is 18.0. The fraction of sp³-hybridized carbons (Fsp3) is 0.263. The van der Waals surface area contributed by atoms with E-state index >= 15 is 0 Å². The predicted molar refractivity (Wildman–Crippen MR) is 90.2 cm³/mol. The molecule has 3 unspecified atom stereocenters. The van der Waals surface area contributed by atoms with Crippen molar-refractivity contribution in [3.8, 4) is 5.75 Å². The van der Waals surface area contributed by atoms with E-state index < -0.39 is 23.9 Å². The molecule has 0 spiro atoms. The van der Waals surface area contributed by atoms with Crippen LogP contribution in [0, 0.1) is 0 Å². The number of hydrogen-bond acceptors (Lipinski definition) is 5. The SMILES string of the molecule is O=CC1(c2ccccc2)NCC(C(CC(=O)O)Oc2ccccc2)O1. The van der Waals surface area contributed by atoms with E-state index in [1.807, 2.05) is 24.3 Å². The Bertz CT molecular complexity index is 721. The van der Waals surface area contributed by atoms with Crippen molar-refractivity contribution in [1.29, 1.82) is 0 Å². The second kappa shape index (κ2) is 7.46. The van der Waals surface area contributed by atoms with Gasteiger partial charge in [0, 0.05) is 12.1 Å². The second-order valence-electron chi connectivity index (χ2n) is 5.82. The Hall–Kier alpha value is -2.70. The molecule has 1 saturated heterocycles. The van der Waals surface area contributed by atoms with Gasteiger partial charge in [-0.3, -0.25) is 14.9 Å². The summed E-state index contributed by atoms with van der Waals surface area (Å²) in [7, 11) is 0. The van der Waals surface area contributed by atoms with Crippen LogP contribution in [-0.2, 0) is 20.1 Å². The summed E-state index contributed by atoms with van der Waals surface area (Å²) in [4.78, 5) is 23.0. The number of carbonyl (C=O) groups is 2. The molecule has 25 heavy (non-hydrogen) atoms. The van der Waals surface area contributed by atoms with E-state index in [1.165, 1.54) is 0 Å². The zero-order valence-electron chi connectivity index (χ0n) is 13.5. The van der Waals surface area contributed by atoms with Gasteiger partial charge in [-0.1, -0.05) is 48.5 Å². The fourth-order valence-corrected chi connectivity index (χ4v) is 2.87. The lowest BCUT2D eigenvalue weighted by molar-refractivity contribution is -0.146. The van der Waals surface area contributed by atoms with E-state index in [0.29, 0.717) is 24.1 Å². The van der Waals surface area contributed by atoms with Gasteiger partial charge < -0.3 is 14.6 Å². The number of rotatable bonds is 7. The monoisotopic (exact) mass is 341 g/mol. The molecule has 2 aromatic carbocycles. The van der Waals surface area contributed by atoms with E-state index in [0.717, 1.165) is 0 Å². The Balaban J connectivity index is 1.80. The van der Waals surface area contributed by atoms with Crippen LogP contribution in [0.5, 0.6) is 5.75 Å². The van der Waals surface area contributed by atoms with Crippen LogP contribution in [0.25, 0.3) is 0 Å². The summed E-state index contributed by atoms with van der Waals surface area (Å²) in [6.45, 7) is 0.304. The standard InChI is InChI=1S/C19H19NO5/c21-13-19(14-7-3-1-4-8-14)20-12-17(25-19)16(11-18(22)23)24-15-9-5-2-6-10-15/h1-10,13,16-17,20H,11-12H2,(H,22,23). The molecule has 2 N–H and O–H groups in total. The Morgan fingerprint density at radius 1 is 1.24 bits per heavy atom. The van der Waals surface area contributed by atoms with E-state index in [9.17, 15) is 14.7 Å². The van der Waals surface area contributed by atoms with Gasteiger partial charge >= 0.3 is 5.97 Å². The highest BCUT2D eigenvalue weighted by Crippen LogP contribution is 2.30. The van der Waals surface area contributed by atoms with Crippen molar-refractivity contribution >= 4 is 12.3 Å². The van der Waals surface area contributed by atoms with Gasteiger partial charge in [-0.25, -0.2) is 0 Å². The number of nitrogens with one attached hydrogen (secondary N) is 1. The van der Waals surface area contributed by atoms with E-state index in [2.05, 4.69) is 5.32 Å². The van der Waals surface area contributed by atoms with Crippen LogP contribution >= 0.6 is 0 Å². The minimum absolute atomic E-state index is 0.231. The number of hydrogen-bond donors (Lipinski definition) is 2. The van der Waals surface area contributed by atoms with Gasteiger partial charge in [-0.15, -0.1) is 0 Å². The molecule has 3 atom stereocenters. The lowest BCUT2D eigenvalue weighted by atomic mass is 10.1. The molecular weight excluding hydrogens is 322 g/mol. The molecule has 0 radical (unpaired) electrons. The van der Waals surface area contributed by atoms with Gasteiger partial charge in [0.2, 0.25) is 5.72 Å². The number of carbonyl (C=O) groups excluding carboxylic acids is 1. The molecule has 0 amide bonds. The molecule has 1 fully saturated rings. The van der Waals surface area contributed by atoms with E-state index in [4.69, 9.17) is 9.47 Å². The number of benzene rings is 2. The third kappa shape index (κ3) is 3.87. The first-order chi connectivity index (χ1) is 12.1. The van der Waals surface area contributed by atoms with Crippen molar-refractivity contribution in [2.75, 3.05) is 6.54 Å². The van der Waals surface area contributed by atoms with Crippen LogP contribution in [-0.4, -0.2) is 36.1 Å². The molecule has 6 heteroatoms. The maximum absolute atomic E-state index is 11.7. The first kappa shape index (κ1) is 17.1. The lowest BCUT2D eigenvalue weighted by Crippen LogP contribution is -2.40. The smallest absolute Gasteiger partial charge is 0.307 e. The topological polar surface area (TPSA) is 84.9 Å². The average molecular weight is 341 g/mol. The van der Waals surface area contributed by atoms with Crippen molar-refractivity contribution in [1.82, 2.24) is 5.32 Å². The molecule has 3 rings (SSSR count). The highest BCUT2D eigenvalue weighted by Gasteiger charge is 2.45. The van der Waals surface area contributed by atoms with Crippen LogP contribution in [0.3, 0.4) is 0 Å². The molecule has 0 aliphatic carbocycles. The summed E-state index contributed by atoms with van der Waals surface area (Å²) in [5.41, 5.74) is -0.621. The molecule has 0 bridgehead atoms. The van der Waals surface area contributed by atoms with Gasteiger partial charge in [0.25, 0.3) is 0 Å². The summed E-state index contributed by atoms with van der Waals surface area (Å²) in [6.07, 6.45) is -0.840. The van der Waals surface area contributed by atoms with Crippen molar-refractivity contribution in [3.05, 3.63) is 66.2 Å². The number of para-hydroxylation sites is 1. The molecule has 1 aliphatic heterocycles.